The van der Waals surface area contributed by atoms with Gasteiger partial charge >= 0.3 is 0 Å². The van der Waals surface area contributed by atoms with Gasteiger partial charge in [-0.1, -0.05) is 30.3 Å². The summed E-state index contributed by atoms with van der Waals surface area (Å²) in [5.41, 5.74) is 1.17. The Bertz CT molecular complexity index is 508. The maximum absolute atomic E-state index is 11.7. The van der Waals surface area contributed by atoms with E-state index in [1.165, 1.54) is 18.7 Å². The number of aromatic nitrogens is 1. The van der Waals surface area contributed by atoms with Crippen LogP contribution < -0.4 is 10.1 Å². The van der Waals surface area contributed by atoms with Crippen LogP contribution in [-0.2, 0) is 6.42 Å². The van der Waals surface area contributed by atoms with Crippen molar-refractivity contribution in [3.8, 4) is 5.88 Å². The van der Waals surface area contributed by atoms with E-state index < -0.39 is 0 Å². The molecule has 0 atom stereocenters. The summed E-state index contributed by atoms with van der Waals surface area (Å²) in [6, 6.07) is 11.4. The number of ether oxygens (including phenoxy) is 1. The van der Waals surface area contributed by atoms with Crippen molar-refractivity contribution in [1.82, 2.24) is 10.5 Å². The van der Waals surface area contributed by atoms with E-state index >= 15 is 0 Å². The van der Waals surface area contributed by atoms with Gasteiger partial charge in [0.05, 0.1) is 13.2 Å². The molecule has 1 aromatic carbocycles. The highest BCUT2D eigenvalue weighted by Gasteiger charge is 2.12. The first-order chi connectivity index (χ1) is 8.79. The highest BCUT2D eigenvalue weighted by molar-refractivity contribution is 5.91. The van der Waals surface area contributed by atoms with Crippen LogP contribution in [0, 0.1) is 0 Å². The van der Waals surface area contributed by atoms with Gasteiger partial charge in [0.15, 0.2) is 0 Å². The van der Waals surface area contributed by atoms with Crippen molar-refractivity contribution in [3.63, 3.8) is 0 Å². The minimum absolute atomic E-state index is 0.153. The summed E-state index contributed by atoms with van der Waals surface area (Å²) in [4.78, 5) is 11.7. The van der Waals surface area contributed by atoms with Crippen molar-refractivity contribution < 1.29 is 14.1 Å². The highest BCUT2D eigenvalue weighted by atomic mass is 16.5. The molecular formula is C13H14N2O3. The molecule has 0 spiro atoms. The van der Waals surface area contributed by atoms with E-state index in [0.717, 1.165) is 6.42 Å². The first-order valence-electron chi connectivity index (χ1n) is 5.62. The lowest BCUT2D eigenvalue weighted by Gasteiger charge is -2.02. The zero-order valence-corrected chi connectivity index (χ0v) is 10.1. The zero-order chi connectivity index (χ0) is 12.8. The molecule has 1 amide bonds. The largest absolute Gasteiger partial charge is 0.479 e. The summed E-state index contributed by atoms with van der Waals surface area (Å²) in [7, 11) is 1.47. The van der Waals surface area contributed by atoms with E-state index in [1.807, 2.05) is 30.3 Å². The van der Waals surface area contributed by atoms with E-state index in [2.05, 4.69) is 10.5 Å². The molecule has 0 aliphatic heterocycles. The lowest BCUT2D eigenvalue weighted by atomic mass is 10.1. The SMILES string of the molecule is COc1cc(C(=O)NCCc2ccccc2)on1. The van der Waals surface area contributed by atoms with Gasteiger partial charge in [-0.15, -0.1) is 0 Å². The summed E-state index contributed by atoms with van der Waals surface area (Å²) in [6.07, 6.45) is 0.776. The second-order valence-electron chi connectivity index (χ2n) is 3.73. The first-order valence-corrected chi connectivity index (χ1v) is 5.62. The third kappa shape index (κ3) is 3.10. The van der Waals surface area contributed by atoms with Crippen LogP contribution in [0.3, 0.4) is 0 Å². The predicted molar refractivity (Wildman–Crippen MR) is 65.5 cm³/mol. The van der Waals surface area contributed by atoms with E-state index in [9.17, 15) is 4.79 Å². The molecule has 0 aliphatic rings. The number of nitrogens with zero attached hydrogens (tertiary/aromatic N) is 1. The molecule has 18 heavy (non-hydrogen) atoms. The quantitative estimate of drug-likeness (QED) is 0.871. The lowest BCUT2D eigenvalue weighted by molar-refractivity contribution is 0.0917. The van der Waals surface area contributed by atoms with Gasteiger partial charge in [0.2, 0.25) is 5.76 Å². The third-order valence-corrected chi connectivity index (χ3v) is 2.46. The van der Waals surface area contributed by atoms with Gasteiger partial charge in [0.1, 0.15) is 0 Å². The van der Waals surface area contributed by atoms with Crippen LogP contribution >= 0.6 is 0 Å². The Morgan fingerprint density at radius 3 is 2.83 bits per heavy atom. The molecule has 1 heterocycles. The van der Waals surface area contributed by atoms with Gasteiger partial charge in [0.25, 0.3) is 11.8 Å². The molecule has 0 unspecified atom stereocenters. The Labute approximate surface area is 105 Å². The van der Waals surface area contributed by atoms with Crippen LogP contribution in [0.2, 0.25) is 0 Å². The molecule has 0 bridgehead atoms. The molecular weight excluding hydrogens is 232 g/mol. The number of hydrogen-bond donors (Lipinski definition) is 1. The monoisotopic (exact) mass is 246 g/mol. The van der Waals surface area contributed by atoms with Gasteiger partial charge in [-0.05, 0) is 17.1 Å². The Hall–Kier alpha value is -2.30. The molecule has 1 aromatic heterocycles. The zero-order valence-electron chi connectivity index (χ0n) is 10.1. The van der Waals surface area contributed by atoms with Crippen molar-refractivity contribution in [2.24, 2.45) is 0 Å². The Kier molecular flexibility index (Phi) is 3.96. The fourth-order valence-electron chi connectivity index (χ4n) is 1.51. The second-order valence-corrected chi connectivity index (χ2v) is 3.73. The van der Waals surface area contributed by atoms with Crippen LogP contribution in [0.4, 0.5) is 0 Å². The maximum Gasteiger partial charge on any atom is 0.290 e. The van der Waals surface area contributed by atoms with Gasteiger partial charge in [-0.3, -0.25) is 4.79 Å². The molecule has 0 aliphatic carbocycles. The van der Waals surface area contributed by atoms with Crippen LogP contribution in [-0.4, -0.2) is 24.7 Å². The van der Waals surface area contributed by atoms with Gasteiger partial charge in [0, 0.05) is 6.54 Å². The van der Waals surface area contributed by atoms with Crippen molar-refractivity contribution in [2.75, 3.05) is 13.7 Å². The molecule has 0 fully saturated rings. The number of carbonyl (C=O) groups is 1. The Morgan fingerprint density at radius 1 is 1.39 bits per heavy atom. The first kappa shape index (κ1) is 12.2. The minimum atomic E-state index is -0.290. The molecule has 94 valence electrons. The molecule has 1 N–H and O–H groups in total. The number of nitrogens with one attached hydrogen (secondary N) is 1. The van der Waals surface area contributed by atoms with E-state index in [-0.39, 0.29) is 11.7 Å². The van der Waals surface area contributed by atoms with Crippen molar-refractivity contribution in [3.05, 3.63) is 47.7 Å². The van der Waals surface area contributed by atoms with Crippen molar-refractivity contribution in [1.29, 1.82) is 0 Å². The van der Waals surface area contributed by atoms with Crippen molar-refractivity contribution in [2.45, 2.75) is 6.42 Å². The molecule has 0 saturated carbocycles. The van der Waals surface area contributed by atoms with Crippen molar-refractivity contribution >= 4 is 5.91 Å². The van der Waals surface area contributed by atoms with Gasteiger partial charge in [-0.25, -0.2) is 0 Å². The fraction of sp³-hybridized carbons (Fsp3) is 0.231. The van der Waals surface area contributed by atoms with Crippen LogP contribution in [0.25, 0.3) is 0 Å². The minimum Gasteiger partial charge on any atom is -0.479 e. The molecule has 0 saturated heterocycles. The second kappa shape index (κ2) is 5.86. The van der Waals surface area contributed by atoms with Gasteiger partial charge < -0.3 is 14.6 Å². The highest BCUT2D eigenvalue weighted by Crippen LogP contribution is 2.10. The number of methoxy groups -OCH3 is 1. The maximum atomic E-state index is 11.7. The molecule has 5 heteroatoms. The summed E-state index contributed by atoms with van der Waals surface area (Å²) in [6.45, 7) is 0.547. The van der Waals surface area contributed by atoms with Crippen LogP contribution in [0.5, 0.6) is 5.88 Å². The smallest absolute Gasteiger partial charge is 0.290 e. The molecule has 2 rings (SSSR count). The summed E-state index contributed by atoms with van der Waals surface area (Å²) >= 11 is 0. The Balaban J connectivity index is 1.81. The number of benzene rings is 1. The molecule has 5 nitrogen and oxygen atoms in total. The summed E-state index contributed by atoms with van der Waals surface area (Å²) in [5, 5.41) is 6.32. The van der Waals surface area contributed by atoms with Crippen LogP contribution in [0.15, 0.2) is 40.9 Å². The summed E-state index contributed by atoms with van der Waals surface area (Å²) in [5.74, 6) is 0.157. The predicted octanol–water partition coefficient (Wildman–Crippen LogP) is 1.66. The van der Waals surface area contributed by atoms with E-state index in [0.29, 0.717) is 12.4 Å². The standard InChI is InChI=1S/C13H14N2O3/c1-17-12-9-11(18-15-12)13(16)14-8-7-10-5-3-2-4-6-10/h2-6,9H,7-8H2,1H3,(H,14,16). The number of carbonyl (C=O) groups excluding carboxylic acids is 1. The topological polar surface area (TPSA) is 64.4 Å². The van der Waals surface area contributed by atoms with Gasteiger partial charge in [-0.2, -0.15) is 0 Å². The summed E-state index contributed by atoms with van der Waals surface area (Å²) < 4.78 is 9.67. The fourth-order valence-corrected chi connectivity index (χ4v) is 1.51. The van der Waals surface area contributed by atoms with Crippen LogP contribution in [0.1, 0.15) is 16.1 Å². The number of hydrogen-bond acceptors (Lipinski definition) is 4. The number of amides is 1. The molecule has 0 radical (unpaired) electrons. The third-order valence-electron chi connectivity index (χ3n) is 2.46. The normalized spacial score (nSPS) is 10.1. The average Bonchev–Trinajstić information content (AvgIpc) is 2.89. The lowest BCUT2D eigenvalue weighted by Crippen LogP contribution is -2.25. The number of rotatable bonds is 5. The Morgan fingerprint density at radius 2 is 2.17 bits per heavy atom. The van der Waals surface area contributed by atoms with E-state index in [4.69, 9.17) is 9.26 Å². The van der Waals surface area contributed by atoms with E-state index in [1.54, 1.807) is 0 Å². The molecule has 2 aromatic rings. The average molecular weight is 246 g/mol.